The quantitative estimate of drug-likeness (QED) is 0.854. The van der Waals surface area contributed by atoms with Gasteiger partial charge in [0.05, 0.1) is 19.3 Å². The van der Waals surface area contributed by atoms with Crippen molar-refractivity contribution < 1.29 is 19.4 Å². The Hall–Kier alpha value is -2.08. The number of morpholine rings is 1. The molecule has 2 aromatic rings. The Bertz CT molecular complexity index is 720. The van der Waals surface area contributed by atoms with Gasteiger partial charge < -0.3 is 14.6 Å². The van der Waals surface area contributed by atoms with E-state index in [1.807, 2.05) is 53.4 Å². The van der Waals surface area contributed by atoms with Crippen molar-refractivity contribution in [1.82, 2.24) is 4.90 Å². The van der Waals surface area contributed by atoms with Gasteiger partial charge in [-0.25, -0.2) is 0 Å². The van der Waals surface area contributed by atoms with Gasteiger partial charge in [-0.05, 0) is 23.8 Å². The van der Waals surface area contributed by atoms with Crippen LogP contribution in [-0.2, 0) is 16.1 Å². The first-order valence-electron chi connectivity index (χ1n) is 8.14. The molecule has 0 aliphatic carbocycles. The first kappa shape index (κ1) is 17.7. The van der Waals surface area contributed by atoms with E-state index in [4.69, 9.17) is 26.2 Å². The fourth-order valence-corrected chi connectivity index (χ4v) is 2.98. The van der Waals surface area contributed by atoms with Crippen molar-refractivity contribution in [2.24, 2.45) is 0 Å². The molecular weight excluding hydrogens is 342 g/mol. The summed E-state index contributed by atoms with van der Waals surface area (Å²) in [4.78, 5) is 12.7. The van der Waals surface area contributed by atoms with Crippen LogP contribution < -0.4 is 4.74 Å². The fourth-order valence-electron chi connectivity index (χ4n) is 2.79. The first-order chi connectivity index (χ1) is 12.1. The van der Waals surface area contributed by atoms with E-state index in [1.54, 1.807) is 0 Å². The molecule has 1 aliphatic rings. The molecule has 0 aromatic heterocycles. The normalized spacial score (nSPS) is 18.0. The number of benzene rings is 2. The maximum atomic E-state index is 10.9. The highest BCUT2D eigenvalue weighted by molar-refractivity contribution is 6.31. The molecule has 1 aliphatic heterocycles. The predicted octanol–water partition coefficient (Wildman–Crippen LogP) is 3.38. The van der Waals surface area contributed by atoms with Gasteiger partial charge in [0, 0.05) is 23.7 Å². The van der Waals surface area contributed by atoms with Gasteiger partial charge in [0.1, 0.15) is 12.4 Å². The summed E-state index contributed by atoms with van der Waals surface area (Å²) in [6.07, 6.45) is -0.120. The number of rotatable bonds is 6. The van der Waals surface area contributed by atoms with Crippen molar-refractivity contribution in [3.63, 3.8) is 0 Å². The molecule has 3 rings (SSSR count). The lowest BCUT2D eigenvalue weighted by Gasteiger charge is -2.32. The van der Waals surface area contributed by atoms with Gasteiger partial charge in [-0.3, -0.25) is 9.69 Å². The third kappa shape index (κ3) is 4.95. The van der Waals surface area contributed by atoms with Crippen molar-refractivity contribution in [3.8, 4) is 5.75 Å². The third-order valence-corrected chi connectivity index (χ3v) is 4.48. The number of nitrogens with zero attached hydrogens (tertiary/aromatic N) is 1. The van der Waals surface area contributed by atoms with Crippen LogP contribution in [0.25, 0.3) is 0 Å². The van der Waals surface area contributed by atoms with Crippen molar-refractivity contribution in [2.75, 3.05) is 26.2 Å². The van der Waals surface area contributed by atoms with Crippen LogP contribution in [0.2, 0.25) is 5.02 Å². The molecule has 0 radical (unpaired) electrons. The second kappa shape index (κ2) is 8.34. The number of ether oxygens (including phenoxy) is 2. The Kier molecular flexibility index (Phi) is 5.91. The van der Waals surface area contributed by atoms with Crippen molar-refractivity contribution in [3.05, 3.63) is 64.7 Å². The number of hydrogen-bond donors (Lipinski definition) is 1. The van der Waals surface area contributed by atoms with Gasteiger partial charge in [0.2, 0.25) is 0 Å². The van der Waals surface area contributed by atoms with Crippen molar-refractivity contribution >= 4 is 17.6 Å². The largest absolute Gasteiger partial charge is 0.489 e. The zero-order valence-corrected chi connectivity index (χ0v) is 14.5. The summed E-state index contributed by atoms with van der Waals surface area (Å²) < 4.78 is 11.5. The van der Waals surface area contributed by atoms with E-state index in [0.717, 1.165) is 16.9 Å². The average Bonchev–Trinajstić information content (AvgIpc) is 2.61. The zero-order chi connectivity index (χ0) is 17.6. The summed E-state index contributed by atoms with van der Waals surface area (Å²) in [6, 6.07) is 15.3. The van der Waals surface area contributed by atoms with Gasteiger partial charge in [-0.15, -0.1) is 0 Å². The first-order valence-corrected chi connectivity index (χ1v) is 8.51. The van der Waals surface area contributed by atoms with Gasteiger partial charge in [0.25, 0.3) is 0 Å². The van der Waals surface area contributed by atoms with Crippen molar-refractivity contribution in [1.29, 1.82) is 0 Å². The van der Waals surface area contributed by atoms with Crippen LogP contribution in [0.5, 0.6) is 5.75 Å². The number of hydrogen-bond acceptors (Lipinski definition) is 4. The molecule has 25 heavy (non-hydrogen) atoms. The lowest BCUT2D eigenvalue weighted by molar-refractivity contribution is -0.140. The van der Waals surface area contributed by atoms with Crippen LogP contribution in [0.15, 0.2) is 48.5 Å². The average molecular weight is 362 g/mol. The molecule has 0 amide bonds. The maximum absolute atomic E-state index is 10.9. The standard InChI is InChI=1S/C19H20ClNO4/c20-17-4-2-1-3-15(17)13-25-16-7-5-14(6-8-16)18-11-21(9-10-24-18)12-19(22)23/h1-8,18H,9-13H2,(H,22,23). The second-order valence-electron chi connectivity index (χ2n) is 5.94. The number of carbonyl (C=O) groups is 1. The number of halogens is 1. The van der Waals surface area contributed by atoms with Crippen LogP contribution in [0.1, 0.15) is 17.2 Å². The van der Waals surface area contributed by atoms with Gasteiger partial charge in [-0.2, -0.15) is 0 Å². The van der Waals surface area contributed by atoms with Crippen molar-refractivity contribution in [2.45, 2.75) is 12.7 Å². The van der Waals surface area contributed by atoms with Crippen LogP contribution in [0.3, 0.4) is 0 Å². The minimum Gasteiger partial charge on any atom is -0.489 e. The molecule has 1 heterocycles. The smallest absolute Gasteiger partial charge is 0.317 e. The van der Waals surface area contributed by atoms with Gasteiger partial charge in [-0.1, -0.05) is 41.9 Å². The molecule has 1 saturated heterocycles. The zero-order valence-electron chi connectivity index (χ0n) is 13.7. The summed E-state index contributed by atoms with van der Waals surface area (Å²) in [5.74, 6) is -0.0640. The van der Waals surface area contributed by atoms with Crippen LogP contribution in [0.4, 0.5) is 0 Å². The van der Waals surface area contributed by atoms with E-state index in [-0.39, 0.29) is 12.6 Å². The number of carboxylic acids is 1. The minimum atomic E-state index is -0.816. The van der Waals surface area contributed by atoms with Gasteiger partial charge >= 0.3 is 5.97 Å². The highest BCUT2D eigenvalue weighted by Gasteiger charge is 2.23. The lowest BCUT2D eigenvalue weighted by Crippen LogP contribution is -2.41. The van der Waals surface area contributed by atoms with E-state index in [2.05, 4.69) is 0 Å². The highest BCUT2D eigenvalue weighted by atomic mass is 35.5. The molecule has 132 valence electrons. The molecule has 6 heteroatoms. The van der Waals surface area contributed by atoms with Crippen LogP contribution >= 0.6 is 11.6 Å². The molecule has 5 nitrogen and oxygen atoms in total. The second-order valence-corrected chi connectivity index (χ2v) is 6.34. The molecule has 1 N–H and O–H groups in total. The minimum absolute atomic E-state index is 0.0406. The molecule has 2 aromatic carbocycles. The molecule has 0 saturated carbocycles. The molecule has 0 spiro atoms. The van der Waals surface area contributed by atoms with E-state index < -0.39 is 5.97 Å². The Morgan fingerprint density at radius 1 is 1.24 bits per heavy atom. The highest BCUT2D eigenvalue weighted by Crippen LogP contribution is 2.25. The van der Waals surface area contributed by atoms with Gasteiger partial charge in [0.15, 0.2) is 0 Å². The summed E-state index contributed by atoms with van der Waals surface area (Å²) >= 11 is 6.12. The molecule has 1 atom stereocenters. The van der Waals surface area contributed by atoms with E-state index in [9.17, 15) is 4.79 Å². The van der Waals surface area contributed by atoms with E-state index >= 15 is 0 Å². The fraction of sp³-hybridized carbons (Fsp3) is 0.316. The Balaban J connectivity index is 1.58. The third-order valence-electron chi connectivity index (χ3n) is 4.11. The van der Waals surface area contributed by atoms with Crippen LogP contribution in [-0.4, -0.2) is 42.2 Å². The summed E-state index contributed by atoms with van der Waals surface area (Å²) in [5.41, 5.74) is 1.95. The topological polar surface area (TPSA) is 59.0 Å². The molecule has 0 bridgehead atoms. The Morgan fingerprint density at radius 2 is 2.00 bits per heavy atom. The van der Waals surface area contributed by atoms with E-state index in [1.165, 1.54) is 0 Å². The molecule has 1 unspecified atom stereocenters. The predicted molar refractivity (Wildman–Crippen MR) is 95.0 cm³/mol. The SMILES string of the molecule is O=C(O)CN1CCOC(c2ccc(OCc3ccccc3Cl)cc2)C1. The lowest BCUT2D eigenvalue weighted by atomic mass is 10.1. The number of carboxylic acid groups (broad SMARTS) is 1. The molecular formula is C19H20ClNO4. The van der Waals surface area contributed by atoms with E-state index in [0.29, 0.717) is 31.3 Å². The Labute approximate surface area is 151 Å². The Morgan fingerprint density at radius 3 is 2.72 bits per heavy atom. The monoisotopic (exact) mass is 361 g/mol. The summed E-state index contributed by atoms with van der Waals surface area (Å²) in [6.45, 7) is 2.20. The summed E-state index contributed by atoms with van der Waals surface area (Å²) in [7, 11) is 0. The summed E-state index contributed by atoms with van der Waals surface area (Å²) in [5, 5.41) is 9.61. The molecule has 1 fully saturated rings. The number of aliphatic carboxylic acids is 1. The van der Waals surface area contributed by atoms with Crippen LogP contribution in [0, 0.1) is 0 Å². The maximum Gasteiger partial charge on any atom is 0.317 e.